The molecule has 2 N–H and O–H groups in total. The molecule has 0 radical (unpaired) electrons. The number of pyridine rings is 1. The Morgan fingerprint density at radius 1 is 0.957 bits per heavy atom. The summed E-state index contributed by atoms with van der Waals surface area (Å²) < 4.78 is 56.6. The molecular formula is C34H25ClF4N4O3. The normalized spacial score (nSPS) is 13.3. The number of aliphatic hydroxyl groups is 1. The number of halogens is 5. The summed E-state index contributed by atoms with van der Waals surface area (Å²) >= 11 is 6.57. The van der Waals surface area contributed by atoms with Crippen LogP contribution >= 0.6 is 11.6 Å². The van der Waals surface area contributed by atoms with Crippen LogP contribution in [0.1, 0.15) is 42.4 Å². The SMILES string of the molecule is C[C@@H](Nc1c(Cl)cnc2ccc(-c3cnc(C(C)(O)COC(=O)C(F)(F)F)nc3)cc12)c1cc(C#Cc2ccccc2)ccc1F. The van der Waals surface area contributed by atoms with Gasteiger partial charge >= 0.3 is 12.1 Å². The predicted molar refractivity (Wildman–Crippen MR) is 165 cm³/mol. The number of ether oxygens (including phenoxy) is 1. The first-order chi connectivity index (χ1) is 21.8. The van der Waals surface area contributed by atoms with E-state index in [9.17, 15) is 23.1 Å². The van der Waals surface area contributed by atoms with E-state index in [2.05, 4.69) is 36.8 Å². The van der Waals surface area contributed by atoms with Crippen molar-refractivity contribution in [3.63, 3.8) is 0 Å². The Kier molecular flexibility index (Phi) is 9.23. The van der Waals surface area contributed by atoms with E-state index in [4.69, 9.17) is 11.6 Å². The number of alkyl halides is 3. The molecule has 0 saturated heterocycles. The van der Waals surface area contributed by atoms with E-state index in [1.807, 2.05) is 30.3 Å². The molecule has 5 aromatic rings. The molecule has 5 rings (SSSR count). The van der Waals surface area contributed by atoms with E-state index in [1.165, 1.54) is 24.7 Å². The number of hydrogen-bond donors (Lipinski definition) is 2. The van der Waals surface area contributed by atoms with Gasteiger partial charge in [0.25, 0.3) is 0 Å². The highest BCUT2D eigenvalue weighted by molar-refractivity contribution is 6.34. The Morgan fingerprint density at radius 2 is 1.65 bits per heavy atom. The zero-order valence-corrected chi connectivity index (χ0v) is 25.1. The Balaban J connectivity index is 1.40. The van der Waals surface area contributed by atoms with Crippen molar-refractivity contribution in [3.05, 3.63) is 119 Å². The number of rotatable bonds is 7. The van der Waals surface area contributed by atoms with Gasteiger partial charge in [0.1, 0.15) is 12.4 Å². The van der Waals surface area contributed by atoms with E-state index in [0.29, 0.717) is 43.9 Å². The van der Waals surface area contributed by atoms with Gasteiger partial charge < -0.3 is 15.2 Å². The minimum Gasteiger partial charge on any atom is -0.455 e. The molecule has 1 unspecified atom stereocenters. The predicted octanol–water partition coefficient (Wildman–Crippen LogP) is 7.37. The summed E-state index contributed by atoms with van der Waals surface area (Å²) in [6.07, 6.45) is -0.971. The smallest absolute Gasteiger partial charge is 0.455 e. The number of carbonyl (C=O) groups excluding carboxylic acids is 1. The molecule has 12 heteroatoms. The molecule has 0 spiro atoms. The standard InChI is InChI=1S/C34H25ClF4N4O3/c1-20(25-14-22(10-12-28(25)36)9-8-21-6-4-3-5-7-21)43-30-26-15-23(11-13-29(26)40-18-27(30)35)24-16-41-31(42-17-24)33(2,45)19-46-32(44)34(37,38)39/h3-7,10-18,20,45H,19H2,1-2H3,(H,40,43)/t20-,33?/m1/s1. The fourth-order valence-electron chi connectivity index (χ4n) is 4.52. The van der Waals surface area contributed by atoms with Crippen LogP contribution < -0.4 is 5.32 Å². The van der Waals surface area contributed by atoms with Crippen LogP contribution in [0.2, 0.25) is 5.02 Å². The van der Waals surface area contributed by atoms with Gasteiger partial charge in [-0.05, 0) is 61.9 Å². The van der Waals surface area contributed by atoms with Crippen LogP contribution in [0.3, 0.4) is 0 Å². The number of esters is 1. The van der Waals surface area contributed by atoms with Gasteiger partial charge in [-0.1, -0.05) is 47.7 Å². The molecule has 0 saturated carbocycles. The Morgan fingerprint density at radius 3 is 2.35 bits per heavy atom. The van der Waals surface area contributed by atoms with Gasteiger partial charge in [0, 0.05) is 46.2 Å². The van der Waals surface area contributed by atoms with Crippen LogP contribution in [0, 0.1) is 17.7 Å². The van der Waals surface area contributed by atoms with Gasteiger partial charge in [0.15, 0.2) is 11.4 Å². The zero-order valence-electron chi connectivity index (χ0n) is 24.4. The van der Waals surface area contributed by atoms with Crippen LogP contribution in [0.25, 0.3) is 22.0 Å². The zero-order chi connectivity index (χ0) is 33.1. The molecule has 7 nitrogen and oxygen atoms in total. The number of nitrogens with zero attached hydrogens (tertiary/aromatic N) is 3. The van der Waals surface area contributed by atoms with Crippen molar-refractivity contribution in [1.29, 1.82) is 0 Å². The second-order valence-electron chi connectivity index (χ2n) is 10.6. The van der Waals surface area contributed by atoms with Crippen LogP contribution in [-0.4, -0.2) is 38.8 Å². The third kappa shape index (κ3) is 7.42. The number of fused-ring (bicyclic) bond motifs is 1. The highest BCUT2D eigenvalue weighted by Crippen LogP contribution is 2.35. The van der Waals surface area contributed by atoms with Crippen LogP contribution in [0.5, 0.6) is 0 Å². The molecule has 234 valence electrons. The maximum Gasteiger partial charge on any atom is 0.490 e. The van der Waals surface area contributed by atoms with E-state index < -0.39 is 36.2 Å². The molecule has 0 fully saturated rings. The summed E-state index contributed by atoms with van der Waals surface area (Å²) in [6, 6.07) is 18.9. The highest BCUT2D eigenvalue weighted by Gasteiger charge is 2.42. The Labute approximate surface area is 266 Å². The van der Waals surface area contributed by atoms with E-state index in [-0.39, 0.29) is 5.82 Å². The fourth-order valence-corrected chi connectivity index (χ4v) is 4.72. The molecule has 0 aliphatic carbocycles. The summed E-state index contributed by atoms with van der Waals surface area (Å²) in [5.74, 6) is 3.05. The number of anilines is 1. The average molecular weight is 649 g/mol. The summed E-state index contributed by atoms with van der Waals surface area (Å²) in [6.45, 7) is 1.92. The molecule has 3 aromatic carbocycles. The summed E-state index contributed by atoms with van der Waals surface area (Å²) in [5, 5.41) is 14.8. The quantitative estimate of drug-likeness (QED) is 0.108. The van der Waals surface area contributed by atoms with Gasteiger partial charge in [-0.25, -0.2) is 19.2 Å². The minimum atomic E-state index is -5.20. The third-order valence-electron chi connectivity index (χ3n) is 6.95. The second kappa shape index (κ2) is 13.1. The molecule has 0 aliphatic heterocycles. The lowest BCUT2D eigenvalue weighted by atomic mass is 10.0. The minimum absolute atomic E-state index is 0.245. The molecular weight excluding hydrogens is 624 g/mol. The molecule has 0 amide bonds. The fraction of sp³-hybridized carbons (Fsp3) is 0.176. The largest absolute Gasteiger partial charge is 0.490 e. The lowest BCUT2D eigenvalue weighted by Gasteiger charge is -2.21. The first-order valence-electron chi connectivity index (χ1n) is 13.8. The third-order valence-corrected chi connectivity index (χ3v) is 7.24. The lowest BCUT2D eigenvalue weighted by Crippen LogP contribution is -2.35. The molecule has 2 atom stereocenters. The van der Waals surface area contributed by atoms with Crippen molar-refractivity contribution in [2.45, 2.75) is 31.7 Å². The van der Waals surface area contributed by atoms with Crippen molar-refractivity contribution < 1.29 is 32.2 Å². The topological polar surface area (TPSA) is 97.2 Å². The van der Waals surface area contributed by atoms with Crippen molar-refractivity contribution in [2.24, 2.45) is 0 Å². The maximum absolute atomic E-state index is 15.0. The van der Waals surface area contributed by atoms with Gasteiger partial charge in [0.2, 0.25) is 0 Å². The number of hydrogen-bond acceptors (Lipinski definition) is 7. The molecule has 2 aromatic heterocycles. The molecule has 0 aliphatic rings. The van der Waals surface area contributed by atoms with Gasteiger partial charge in [-0.15, -0.1) is 0 Å². The van der Waals surface area contributed by atoms with Crippen molar-refractivity contribution in [1.82, 2.24) is 15.0 Å². The Hall–Kier alpha value is -5.05. The van der Waals surface area contributed by atoms with Crippen molar-refractivity contribution in [2.75, 3.05) is 11.9 Å². The summed E-state index contributed by atoms with van der Waals surface area (Å²) in [7, 11) is 0. The van der Waals surface area contributed by atoms with E-state index >= 15 is 4.39 Å². The van der Waals surface area contributed by atoms with Crippen LogP contribution in [0.4, 0.5) is 23.2 Å². The van der Waals surface area contributed by atoms with E-state index in [0.717, 1.165) is 12.5 Å². The lowest BCUT2D eigenvalue weighted by molar-refractivity contribution is -0.205. The number of benzene rings is 3. The monoisotopic (exact) mass is 648 g/mol. The molecule has 2 heterocycles. The summed E-state index contributed by atoms with van der Waals surface area (Å²) in [5.41, 5.74) is 2.02. The maximum atomic E-state index is 15.0. The van der Waals surface area contributed by atoms with Gasteiger partial charge in [-0.3, -0.25) is 4.98 Å². The van der Waals surface area contributed by atoms with E-state index in [1.54, 1.807) is 37.3 Å². The Bertz CT molecular complexity index is 1960. The first-order valence-corrected chi connectivity index (χ1v) is 14.2. The first kappa shape index (κ1) is 32.3. The molecule has 46 heavy (non-hydrogen) atoms. The van der Waals surface area contributed by atoms with Crippen molar-refractivity contribution >= 4 is 34.2 Å². The van der Waals surface area contributed by atoms with Gasteiger partial charge in [0.05, 0.1) is 22.3 Å². The summed E-state index contributed by atoms with van der Waals surface area (Å²) in [4.78, 5) is 23.6. The average Bonchev–Trinajstić information content (AvgIpc) is 3.04. The number of nitrogens with one attached hydrogen (secondary N) is 1. The number of carbonyl (C=O) groups is 1. The number of aromatic nitrogens is 3. The van der Waals surface area contributed by atoms with Crippen molar-refractivity contribution in [3.8, 4) is 23.0 Å². The molecule has 0 bridgehead atoms. The highest BCUT2D eigenvalue weighted by atomic mass is 35.5. The van der Waals surface area contributed by atoms with Crippen LogP contribution in [-0.2, 0) is 15.1 Å². The van der Waals surface area contributed by atoms with Gasteiger partial charge in [-0.2, -0.15) is 13.2 Å². The second-order valence-corrected chi connectivity index (χ2v) is 11.0. The van der Waals surface area contributed by atoms with Crippen LogP contribution in [0.15, 0.2) is 85.3 Å².